The first-order chi connectivity index (χ1) is 14.6. The van der Waals surface area contributed by atoms with E-state index in [1.807, 2.05) is 18.2 Å². The van der Waals surface area contributed by atoms with E-state index in [1.165, 1.54) is 0 Å². The Morgan fingerprint density at radius 3 is 2.47 bits per heavy atom. The lowest BCUT2D eigenvalue weighted by Gasteiger charge is -2.34. The molecule has 2 heterocycles. The van der Waals surface area contributed by atoms with Crippen LogP contribution in [0.5, 0.6) is 11.5 Å². The summed E-state index contributed by atoms with van der Waals surface area (Å²) in [7, 11) is 0. The summed E-state index contributed by atoms with van der Waals surface area (Å²) in [6, 6.07) is 5.93. The second-order valence-electron chi connectivity index (χ2n) is 8.59. The molecule has 0 saturated carbocycles. The number of nitrogens with one attached hydrogen (secondary N) is 1. The summed E-state index contributed by atoms with van der Waals surface area (Å²) >= 11 is 0. The van der Waals surface area contributed by atoms with Crippen molar-refractivity contribution in [2.24, 2.45) is 5.92 Å². The maximum atomic E-state index is 12.8. The Bertz CT molecular complexity index is 674. The predicted molar refractivity (Wildman–Crippen MR) is 117 cm³/mol. The Morgan fingerprint density at radius 1 is 1.07 bits per heavy atom. The Morgan fingerprint density at radius 2 is 1.77 bits per heavy atom. The van der Waals surface area contributed by atoms with Gasteiger partial charge in [0.05, 0.1) is 25.8 Å². The molecule has 0 bridgehead atoms. The third-order valence-electron chi connectivity index (χ3n) is 5.83. The highest BCUT2D eigenvalue weighted by Gasteiger charge is 2.23. The minimum Gasteiger partial charge on any atom is -0.490 e. The number of hydrogen-bond donors (Lipinski definition) is 2. The van der Waals surface area contributed by atoms with Crippen LogP contribution in [0.1, 0.15) is 44.7 Å². The summed E-state index contributed by atoms with van der Waals surface area (Å²) in [5, 5.41) is 12.2. The zero-order valence-electron chi connectivity index (χ0n) is 18.4. The topological polar surface area (TPSA) is 74.3 Å². The van der Waals surface area contributed by atoms with E-state index in [4.69, 9.17) is 14.6 Å². The Kier molecular flexibility index (Phi) is 8.78. The quantitative estimate of drug-likeness (QED) is 0.597. The monoisotopic (exact) mass is 419 g/mol. The molecule has 2 aliphatic heterocycles. The van der Waals surface area contributed by atoms with Gasteiger partial charge in [0.2, 0.25) is 5.91 Å². The molecule has 1 atom stereocenters. The predicted octanol–water partition coefficient (Wildman–Crippen LogP) is 2.05. The molecule has 0 unspecified atom stereocenters. The van der Waals surface area contributed by atoms with Gasteiger partial charge in [-0.05, 0) is 43.0 Å². The highest BCUT2D eigenvalue weighted by Crippen LogP contribution is 2.34. The molecule has 7 nitrogen and oxygen atoms in total. The highest BCUT2D eigenvalue weighted by molar-refractivity contribution is 5.78. The van der Waals surface area contributed by atoms with E-state index in [2.05, 4.69) is 29.0 Å². The van der Waals surface area contributed by atoms with Crippen LogP contribution in [0.3, 0.4) is 0 Å². The van der Waals surface area contributed by atoms with Gasteiger partial charge < -0.3 is 24.8 Å². The standard InChI is InChI=1S/C23H37N3O4/c1-18(2)23(19-6-7-20-21(16-19)30-15-5-14-29-20)24-22(28)17-26-11-9-25(10-12-26)8-3-4-13-27/h6-7,16,18,23,27H,3-5,8-15,17H2,1-2H3,(H,24,28)/t23-/m1/s1. The normalized spacial score (nSPS) is 18.8. The number of piperazine rings is 1. The van der Waals surface area contributed by atoms with Crippen LogP contribution in [0.2, 0.25) is 0 Å². The second-order valence-corrected chi connectivity index (χ2v) is 8.59. The van der Waals surface area contributed by atoms with Crippen molar-refractivity contribution in [2.45, 2.75) is 39.2 Å². The zero-order chi connectivity index (χ0) is 21.3. The maximum absolute atomic E-state index is 12.8. The van der Waals surface area contributed by atoms with Gasteiger partial charge in [0.25, 0.3) is 0 Å². The van der Waals surface area contributed by atoms with Gasteiger partial charge >= 0.3 is 0 Å². The molecule has 7 heteroatoms. The first-order valence-electron chi connectivity index (χ1n) is 11.3. The average Bonchev–Trinajstić information content (AvgIpc) is 2.98. The number of hydrogen-bond acceptors (Lipinski definition) is 6. The number of benzene rings is 1. The van der Waals surface area contributed by atoms with E-state index >= 15 is 0 Å². The maximum Gasteiger partial charge on any atom is 0.234 e. The number of amides is 1. The second kappa shape index (κ2) is 11.5. The van der Waals surface area contributed by atoms with Crippen LogP contribution in [-0.2, 0) is 4.79 Å². The van der Waals surface area contributed by atoms with E-state index in [9.17, 15) is 4.79 Å². The van der Waals surface area contributed by atoms with Crippen molar-refractivity contribution in [3.63, 3.8) is 0 Å². The van der Waals surface area contributed by atoms with Gasteiger partial charge in [-0.25, -0.2) is 0 Å². The molecule has 0 aromatic heterocycles. The molecule has 0 radical (unpaired) electrons. The molecule has 0 aliphatic carbocycles. The summed E-state index contributed by atoms with van der Waals surface area (Å²) in [6.07, 6.45) is 2.77. The molecular weight excluding hydrogens is 382 g/mol. The van der Waals surface area contributed by atoms with Crippen molar-refractivity contribution in [3.05, 3.63) is 23.8 Å². The van der Waals surface area contributed by atoms with E-state index < -0.39 is 0 Å². The van der Waals surface area contributed by atoms with Crippen LogP contribution in [0.25, 0.3) is 0 Å². The van der Waals surface area contributed by atoms with Gasteiger partial charge in [-0.1, -0.05) is 19.9 Å². The number of carbonyl (C=O) groups is 1. The van der Waals surface area contributed by atoms with Gasteiger partial charge in [0.1, 0.15) is 0 Å². The van der Waals surface area contributed by atoms with Crippen LogP contribution >= 0.6 is 0 Å². The van der Waals surface area contributed by atoms with Crippen LogP contribution in [0, 0.1) is 5.92 Å². The highest BCUT2D eigenvalue weighted by atomic mass is 16.5. The van der Waals surface area contributed by atoms with Crippen LogP contribution in [0.15, 0.2) is 18.2 Å². The van der Waals surface area contributed by atoms with Crippen molar-refractivity contribution in [3.8, 4) is 11.5 Å². The van der Waals surface area contributed by atoms with Crippen molar-refractivity contribution < 1.29 is 19.4 Å². The van der Waals surface area contributed by atoms with Gasteiger partial charge in [-0.15, -0.1) is 0 Å². The van der Waals surface area contributed by atoms with Crippen LogP contribution < -0.4 is 14.8 Å². The molecule has 1 fully saturated rings. The lowest BCUT2D eigenvalue weighted by Crippen LogP contribution is -2.50. The van der Waals surface area contributed by atoms with Crippen molar-refractivity contribution in [1.82, 2.24) is 15.1 Å². The smallest absolute Gasteiger partial charge is 0.234 e. The summed E-state index contributed by atoms with van der Waals surface area (Å²) < 4.78 is 11.6. The van der Waals surface area contributed by atoms with Gasteiger partial charge in [-0.3, -0.25) is 9.69 Å². The largest absolute Gasteiger partial charge is 0.490 e. The number of aliphatic hydroxyl groups excluding tert-OH is 1. The van der Waals surface area contributed by atoms with E-state index in [-0.39, 0.29) is 24.5 Å². The minimum atomic E-state index is -0.0607. The zero-order valence-corrected chi connectivity index (χ0v) is 18.4. The summed E-state index contributed by atoms with van der Waals surface area (Å²) in [6.45, 7) is 11.1. The number of unbranched alkanes of at least 4 members (excludes halogenated alkanes) is 1. The molecule has 1 saturated heterocycles. The number of aliphatic hydroxyl groups is 1. The number of fused-ring (bicyclic) bond motifs is 1. The number of carbonyl (C=O) groups excluding carboxylic acids is 1. The number of nitrogens with zero attached hydrogens (tertiary/aromatic N) is 2. The lowest BCUT2D eigenvalue weighted by atomic mass is 9.95. The van der Waals surface area contributed by atoms with Crippen LogP contribution in [-0.4, -0.2) is 79.9 Å². The summed E-state index contributed by atoms with van der Waals surface area (Å²) in [5.41, 5.74) is 1.05. The SMILES string of the molecule is CC(C)[C@@H](NC(=O)CN1CCN(CCCCO)CC1)c1ccc2c(c1)OCCCO2. The van der Waals surface area contributed by atoms with Crippen LogP contribution in [0.4, 0.5) is 0 Å². The van der Waals surface area contributed by atoms with Crippen molar-refractivity contribution in [1.29, 1.82) is 0 Å². The van der Waals surface area contributed by atoms with E-state index in [0.29, 0.717) is 19.8 Å². The molecule has 0 spiro atoms. The Hall–Kier alpha value is -1.83. The molecule has 1 amide bonds. The van der Waals surface area contributed by atoms with Gasteiger partial charge in [-0.2, -0.15) is 0 Å². The fourth-order valence-electron chi connectivity index (χ4n) is 4.05. The fourth-order valence-corrected chi connectivity index (χ4v) is 4.05. The minimum absolute atomic E-state index is 0.0607. The fraction of sp³-hybridized carbons (Fsp3) is 0.696. The summed E-state index contributed by atoms with van der Waals surface area (Å²) in [5.74, 6) is 1.88. The Balaban J connectivity index is 1.52. The van der Waals surface area contributed by atoms with Crippen molar-refractivity contribution >= 4 is 5.91 Å². The first-order valence-corrected chi connectivity index (χ1v) is 11.3. The first kappa shape index (κ1) is 22.8. The number of ether oxygens (including phenoxy) is 2. The van der Waals surface area contributed by atoms with Gasteiger partial charge in [0, 0.05) is 39.2 Å². The molecule has 2 N–H and O–H groups in total. The lowest BCUT2D eigenvalue weighted by molar-refractivity contribution is -0.123. The van der Waals surface area contributed by atoms with Crippen molar-refractivity contribution in [2.75, 3.05) is 59.1 Å². The third-order valence-corrected chi connectivity index (χ3v) is 5.83. The third kappa shape index (κ3) is 6.59. The molecule has 1 aromatic rings. The molecule has 2 aliphatic rings. The molecule has 1 aromatic carbocycles. The summed E-state index contributed by atoms with van der Waals surface area (Å²) in [4.78, 5) is 17.4. The average molecular weight is 420 g/mol. The van der Waals surface area contributed by atoms with E-state index in [0.717, 1.165) is 69.0 Å². The van der Waals surface area contributed by atoms with E-state index in [1.54, 1.807) is 0 Å². The Labute approximate surface area is 180 Å². The molecule has 168 valence electrons. The molecule has 3 rings (SSSR count). The molecular formula is C23H37N3O4. The van der Waals surface area contributed by atoms with Gasteiger partial charge in [0.15, 0.2) is 11.5 Å². The number of rotatable bonds is 9. The molecule has 30 heavy (non-hydrogen) atoms.